The van der Waals surface area contributed by atoms with Crippen LogP contribution >= 0.6 is 0 Å². The van der Waals surface area contributed by atoms with E-state index in [4.69, 9.17) is 4.74 Å². The van der Waals surface area contributed by atoms with Gasteiger partial charge in [0.2, 0.25) is 0 Å². The molecule has 0 spiro atoms. The van der Waals surface area contributed by atoms with Crippen LogP contribution < -0.4 is 0 Å². The van der Waals surface area contributed by atoms with Crippen molar-refractivity contribution in [3.05, 3.63) is 24.3 Å². The number of carbonyl (C=O) groups excluding carboxylic acids is 2. The van der Waals surface area contributed by atoms with Crippen molar-refractivity contribution in [3.8, 4) is 0 Å². The van der Waals surface area contributed by atoms with E-state index in [0.29, 0.717) is 24.5 Å². The monoisotopic (exact) mass is 350 g/mol. The Morgan fingerprint density at radius 1 is 1.24 bits per heavy atom. The zero-order chi connectivity index (χ0) is 18.5. The van der Waals surface area contributed by atoms with Gasteiger partial charge in [-0.05, 0) is 51.4 Å². The van der Waals surface area contributed by atoms with Gasteiger partial charge in [-0.3, -0.25) is 4.79 Å². The minimum absolute atomic E-state index is 0.113. The van der Waals surface area contributed by atoms with Gasteiger partial charge in [0.15, 0.2) is 6.10 Å². The number of aliphatic hydroxyl groups excluding tert-OH is 1. The third-order valence-electron chi connectivity index (χ3n) is 4.74. The van der Waals surface area contributed by atoms with E-state index in [0.717, 1.165) is 44.9 Å². The second-order valence-electron chi connectivity index (χ2n) is 6.71. The lowest BCUT2D eigenvalue weighted by Crippen LogP contribution is -2.23. The van der Waals surface area contributed by atoms with Gasteiger partial charge in [0.1, 0.15) is 5.78 Å². The summed E-state index contributed by atoms with van der Waals surface area (Å²) in [5.74, 6) is 0.295. The molecule has 4 heteroatoms. The maximum Gasteiger partial charge on any atom is 0.334 e. The summed E-state index contributed by atoms with van der Waals surface area (Å²) in [5.41, 5.74) is 0. The predicted molar refractivity (Wildman–Crippen MR) is 100 cm³/mol. The number of rotatable bonds is 12. The first-order valence-electron chi connectivity index (χ1n) is 9.79. The number of hydrogen-bond donors (Lipinski definition) is 1. The second-order valence-corrected chi connectivity index (χ2v) is 6.71. The largest absolute Gasteiger partial charge is 0.464 e. The molecule has 0 aromatic carbocycles. The van der Waals surface area contributed by atoms with Crippen LogP contribution in [0, 0.1) is 11.8 Å². The SMILES string of the molecule is CCC=CCCC=C[C@H]1CCC(=O)[C@@H]1CCCCC(O)C(=O)OCC. The van der Waals surface area contributed by atoms with Crippen molar-refractivity contribution in [1.82, 2.24) is 0 Å². The maximum atomic E-state index is 12.1. The van der Waals surface area contributed by atoms with Gasteiger partial charge >= 0.3 is 5.97 Å². The summed E-state index contributed by atoms with van der Waals surface area (Å²) in [6.45, 7) is 4.14. The normalized spacial score (nSPS) is 22.1. The molecule has 142 valence electrons. The van der Waals surface area contributed by atoms with Crippen LogP contribution in [0.3, 0.4) is 0 Å². The Bertz CT molecular complexity index is 453. The Morgan fingerprint density at radius 3 is 2.72 bits per heavy atom. The fraction of sp³-hybridized carbons (Fsp3) is 0.714. The predicted octanol–water partition coefficient (Wildman–Crippen LogP) is 4.37. The molecule has 0 radical (unpaired) electrons. The van der Waals surface area contributed by atoms with Gasteiger partial charge in [0, 0.05) is 12.3 Å². The van der Waals surface area contributed by atoms with Crippen LogP contribution in [0.4, 0.5) is 0 Å². The first kappa shape index (κ1) is 21.6. The van der Waals surface area contributed by atoms with Gasteiger partial charge in [0.05, 0.1) is 6.61 Å². The summed E-state index contributed by atoms with van der Waals surface area (Å²) >= 11 is 0. The standard InChI is InChI=1S/C21H34O4/c1-3-5-6-7-8-9-12-17-15-16-19(22)18(17)13-10-11-14-20(23)21(24)25-4-2/h5-6,9,12,17-18,20,23H,3-4,7-8,10-11,13-16H2,1-2H3/t17-,18+,20?/m0/s1. The smallest absolute Gasteiger partial charge is 0.334 e. The Labute approximate surface area is 152 Å². The van der Waals surface area contributed by atoms with E-state index >= 15 is 0 Å². The van der Waals surface area contributed by atoms with E-state index in [-0.39, 0.29) is 12.5 Å². The molecule has 0 bridgehead atoms. The first-order chi connectivity index (χ1) is 12.1. The number of Topliss-reactive ketones (excluding diaryl/α,β-unsaturated/α-hetero) is 1. The zero-order valence-corrected chi connectivity index (χ0v) is 15.8. The van der Waals surface area contributed by atoms with Crippen molar-refractivity contribution in [1.29, 1.82) is 0 Å². The summed E-state index contributed by atoms with van der Waals surface area (Å²) in [7, 11) is 0. The molecule has 0 aromatic heterocycles. The van der Waals surface area contributed by atoms with E-state index in [1.165, 1.54) is 0 Å². The zero-order valence-electron chi connectivity index (χ0n) is 15.8. The van der Waals surface area contributed by atoms with E-state index in [1.807, 2.05) is 0 Å². The molecule has 1 aliphatic carbocycles. The molecular formula is C21H34O4. The molecule has 1 unspecified atom stereocenters. The van der Waals surface area contributed by atoms with Crippen LogP contribution in [0.25, 0.3) is 0 Å². The number of hydrogen-bond acceptors (Lipinski definition) is 4. The molecule has 1 saturated carbocycles. The topological polar surface area (TPSA) is 63.6 Å². The molecule has 1 aliphatic rings. The fourth-order valence-corrected chi connectivity index (χ4v) is 3.35. The van der Waals surface area contributed by atoms with Gasteiger partial charge < -0.3 is 9.84 Å². The van der Waals surface area contributed by atoms with Crippen molar-refractivity contribution in [2.45, 2.75) is 77.7 Å². The van der Waals surface area contributed by atoms with Gasteiger partial charge in [0.25, 0.3) is 0 Å². The van der Waals surface area contributed by atoms with E-state index in [1.54, 1.807) is 6.92 Å². The molecule has 3 atom stereocenters. The molecule has 1 N–H and O–H groups in total. The van der Waals surface area contributed by atoms with Gasteiger partial charge in [-0.1, -0.05) is 44.1 Å². The Morgan fingerprint density at radius 2 is 2.00 bits per heavy atom. The third kappa shape index (κ3) is 8.48. The highest BCUT2D eigenvalue weighted by Crippen LogP contribution is 2.34. The number of aliphatic hydroxyl groups is 1. The van der Waals surface area contributed by atoms with Crippen molar-refractivity contribution in [3.63, 3.8) is 0 Å². The summed E-state index contributed by atoms with van der Waals surface area (Å²) in [5, 5.41) is 9.69. The van der Waals surface area contributed by atoms with Gasteiger partial charge in [-0.2, -0.15) is 0 Å². The molecule has 0 amide bonds. The van der Waals surface area contributed by atoms with Crippen molar-refractivity contribution in [2.24, 2.45) is 11.8 Å². The lowest BCUT2D eigenvalue weighted by atomic mass is 9.89. The highest BCUT2D eigenvalue weighted by molar-refractivity contribution is 5.83. The van der Waals surface area contributed by atoms with Crippen LogP contribution in [-0.4, -0.2) is 29.6 Å². The summed E-state index contributed by atoms with van der Waals surface area (Å²) in [4.78, 5) is 23.5. The van der Waals surface area contributed by atoms with Crippen molar-refractivity contribution >= 4 is 11.8 Å². The Kier molecular flexibility index (Phi) is 11.1. The van der Waals surface area contributed by atoms with E-state index in [2.05, 4.69) is 31.2 Å². The first-order valence-corrected chi connectivity index (χ1v) is 9.79. The third-order valence-corrected chi connectivity index (χ3v) is 4.74. The summed E-state index contributed by atoms with van der Waals surface area (Å²) < 4.78 is 4.79. The number of unbranched alkanes of at least 4 members (excludes halogenated alkanes) is 2. The van der Waals surface area contributed by atoms with Crippen LogP contribution in [0.1, 0.15) is 71.6 Å². The van der Waals surface area contributed by atoms with Crippen LogP contribution in [0.5, 0.6) is 0 Å². The number of carbonyl (C=O) groups is 2. The van der Waals surface area contributed by atoms with Crippen LogP contribution in [0.2, 0.25) is 0 Å². The molecule has 0 heterocycles. The second kappa shape index (κ2) is 12.9. The minimum atomic E-state index is -1.04. The number of ether oxygens (including phenoxy) is 1. The summed E-state index contributed by atoms with van der Waals surface area (Å²) in [6.07, 6.45) is 15.4. The highest BCUT2D eigenvalue weighted by atomic mass is 16.5. The minimum Gasteiger partial charge on any atom is -0.464 e. The molecular weight excluding hydrogens is 316 g/mol. The molecule has 0 aromatic rings. The molecule has 1 rings (SSSR count). The Hall–Kier alpha value is -1.42. The number of allylic oxidation sites excluding steroid dienone is 4. The number of ketones is 1. The van der Waals surface area contributed by atoms with Crippen molar-refractivity contribution < 1.29 is 19.4 Å². The molecule has 4 nitrogen and oxygen atoms in total. The maximum absolute atomic E-state index is 12.1. The Balaban J connectivity index is 2.29. The molecule has 25 heavy (non-hydrogen) atoms. The molecule has 0 saturated heterocycles. The van der Waals surface area contributed by atoms with E-state index in [9.17, 15) is 14.7 Å². The molecule has 1 fully saturated rings. The van der Waals surface area contributed by atoms with Gasteiger partial charge in [-0.25, -0.2) is 4.79 Å². The summed E-state index contributed by atoms with van der Waals surface area (Å²) in [6, 6.07) is 0. The number of esters is 1. The molecule has 0 aliphatic heterocycles. The lowest BCUT2D eigenvalue weighted by Gasteiger charge is -2.15. The van der Waals surface area contributed by atoms with Crippen LogP contribution in [0.15, 0.2) is 24.3 Å². The van der Waals surface area contributed by atoms with E-state index < -0.39 is 12.1 Å². The fourth-order valence-electron chi connectivity index (χ4n) is 3.35. The lowest BCUT2D eigenvalue weighted by molar-refractivity contribution is -0.153. The average Bonchev–Trinajstić information content (AvgIpc) is 2.95. The quantitative estimate of drug-likeness (QED) is 0.322. The van der Waals surface area contributed by atoms with Crippen molar-refractivity contribution in [2.75, 3.05) is 6.61 Å². The average molecular weight is 350 g/mol. The highest BCUT2D eigenvalue weighted by Gasteiger charge is 2.32. The van der Waals surface area contributed by atoms with Crippen LogP contribution in [-0.2, 0) is 14.3 Å². The van der Waals surface area contributed by atoms with Gasteiger partial charge in [-0.15, -0.1) is 0 Å².